The van der Waals surface area contributed by atoms with Gasteiger partial charge in [-0.05, 0) is 46.6 Å². The van der Waals surface area contributed by atoms with E-state index in [-0.39, 0.29) is 6.04 Å². The van der Waals surface area contributed by atoms with Crippen LogP contribution in [0.4, 0.5) is 10.7 Å². The van der Waals surface area contributed by atoms with Crippen molar-refractivity contribution in [1.82, 2.24) is 19.7 Å². The summed E-state index contributed by atoms with van der Waals surface area (Å²) in [5.74, 6) is 1.29. The number of nitrogens with zero attached hydrogens (tertiary/aromatic N) is 4. The predicted octanol–water partition coefficient (Wildman–Crippen LogP) is 2.60. The Balaban J connectivity index is 1.73. The fourth-order valence-corrected chi connectivity index (χ4v) is 3.90. The molecule has 3 heterocycles. The van der Waals surface area contributed by atoms with Gasteiger partial charge in [0.25, 0.3) is 5.95 Å². The molecule has 1 N–H and O–H groups in total. The number of aromatic nitrogens is 3. The van der Waals surface area contributed by atoms with Gasteiger partial charge >= 0.3 is 6.09 Å². The number of likely N-dealkylation sites (tertiary alicyclic amines) is 1. The van der Waals surface area contributed by atoms with Crippen LogP contribution >= 0.6 is 0 Å². The van der Waals surface area contributed by atoms with E-state index in [4.69, 9.17) is 4.74 Å². The summed E-state index contributed by atoms with van der Waals surface area (Å²) in [6.07, 6.45) is 5.40. The Hall–Kier alpha value is -1.63. The molecular weight excluding hydrogens is 294 g/mol. The molecule has 0 aromatic carbocycles. The molecule has 0 aliphatic carbocycles. The molecule has 23 heavy (non-hydrogen) atoms. The van der Waals surface area contributed by atoms with Gasteiger partial charge in [0.1, 0.15) is 5.82 Å². The number of nitrogens with one attached hydrogen (secondary N) is 1. The van der Waals surface area contributed by atoms with Crippen LogP contribution in [-0.2, 0) is 11.2 Å². The molecule has 3 atom stereocenters. The van der Waals surface area contributed by atoms with Gasteiger partial charge in [-0.3, -0.25) is 10.2 Å². The van der Waals surface area contributed by atoms with E-state index >= 15 is 0 Å². The number of carbonyl (C=O) groups excluding carboxylic acids is 1. The predicted molar refractivity (Wildman–Crippen MR) is 87.5 cm³/mol. The monoisotopic (exact) mass is 321 g/mol. The van der Waals surface area contributed by atoms with E-state index in [1.165, 1.54) is 25.8 Å². The molecule has 0 radical (unpaired) electrons. The van der Waals surface area contributed by atoms with Crippen molar-refractivity contribution in [1.29, 1.82) is 0 Å². The second-order valence-corrected chi connectivity index (χ2v) is 6.57. The largest absolute Gasteiger partial charge is 0.450 e. The molecule has 1 amide bonds. The highest BCUT2D eigenvalue weighted by atomic mass is 16.5. The van der Waals surface area contributed by atoms with Gasteiger partial charge < -0.3 is 4.74 Å². The van der Waals surface area contributed by atoms with Crippen LogP contribution in [0.5, 0.6) is 0 Å². The molecule has 7 nitrogen and oxygen atoms in total. The topological polar surface area (TPSA) is 72.3 Å². The van der Waals surface area contributed by atoms with Crippen LogP contribution in [0.2, 0.25) is 0 Å². The van der Waals surface area contributed by atoms with E-state index in [0.29, 0.717) is 24.6 Å². The molecular formula is C16H27N5O2. The number of aryl methyl sites for hydroxylation is 1. The first-order valence-corrected chi connectivity index (χ1v) is 8.75. The summed E-state index contributed by atoms with van der Waals surface area (Å²) < 4.78 is 6.87. The maximum absolute atomic E-state index is 11.5. The number of anilines is 1. The average molecular weight is 321 g/mol. The zero-order valence-corrected chi connectivity index (χ0v) is 14.3. The van der Waals surface area contributed by atoms with E-state index in [1.807, 2.05) is 4.68 Å². The lowest BCUT2D eigenvalue weighted by Gasteiger charge is -2.44. The molecule has 3 unspecified atom stereocenters. The summed E-state index contributed by atoms with van der Waals surface area (Å²) in [5, 5.41) is 7.10. The first-order chi connectivity index (χ1) is 11.1. The molecule has 128 valence electrons. The van der Waals surface area contributed by atoms with Gasteiger partial charge in [0, 0.05) is 18.5 Å². The molecule has 1 aromatic rings. The minimum Gasteiger partial charge on any atom is -0.450 e. The number of ether oxygens (including phenoxy) is 1. The van der Waals surface area contributed by atoms with Gasteiger partial charge in [-0.15, -0.1) is 5.10 Å². The Bertz CT molecular complexity index is 559. The first-order valence-electron chi connectivity index (χ1n) is 8.75. The van der Waals surface area contributed by atoms with Crippen LogP contribution in [0.3, 0.4) is 0 Å². The second-order valence-electron chi connectivity index (χ2n) is 6.57. The maximum atomic E-state index is 11.5. The number of amides is 1. The van der Waals surface area contributed by atoms with Gasteiger partial charge in [-0.1, -0.05) is 6.42 Å². The summed E-state index contributed by atoms with van der Waals surface area (Å²) in [7, 11) is 0. The summed E-state index contributed by atoms with van der Waals surface area (Å²) >= 11 is 0. The molecule has 7 heteroatoms. The highest BCUT2D eigenvalue weighted by Crippen LogP contribution is 2.32. The van der Waals surface area contributed by atoms with Gasteiger partial charge in [-0.25, -0.2) is 9.48 Å². The third-order valence-corrected chi connectivity index (χ3v) is 5.08. The van der Waals surface area contributed by atoms with E-state index in [1.54, 1.807) is 6.92 Å². The Morgan fingerprint density at radius 2 is 2.17 bits per heavy atom. The van der Waals surface area contributed by atoms with Crippen LogP contribution in [0.15, 0.2) is 0 Å². The molecule has 3 rings (SSSR count). The Labute approximate surface area is 137 Å². The molecule has 2 aliphatic heterocycles. The van der Waals surface area contributed by atoms with E-state index in [0.717, 1.165) is 18.7 Å². The van der Waals surface area contributed by atoms with E-state index in [2.05, 4.69) is 34.1 Å². The van der Waals surface area contributed by atoms with Crippen LogP contribution in [0.1, 0.15) is 58.3 Å². The SMILES string of the molecule is CCOC(=O)Nc1nc2n(n1)C(C)C(N1CCCCC1C)CC2. The fraction of sp³-hybridized carbons (Fsp3) is 0.812. The standard InChI is InChI=1S/C16H27N5O2/c1-4-23-16(22)18-15-17-14-9-8-13(12(3)21(14)19-15)20-10-6-5-7-11(20)2/h11-13H,4-10H2,1-3H3,(H,18,19,22). The van der Waals surface area contributed by atoms with E-state index in [9.17, 15) is 4.79 Å². The molecule has 1 saturated heterocycles. The normalized spacial score (nSPS) is 28.2. The van der Waals surface area contributed by atoms with Crippen molar-refractivity contribution in [3.63, 3.8) is 0 Å². The molecule has 1 fully saturated rings. The molecule has 1 aromatic heterocycles. The Morgan fingerprint density at radius 1 is 1.35 bits per heavy atom. The minimum atomic E-state index is -0.496. The lowest BCUT2D eigenvalue weighted by molar-refractivity contribution is 0.0584. The Kier molecular flexibility index (Phi) is 4.84. The van der Waals surface area contributed by atoms with Crippen molar-refractivity contribution in [3.8, 4) is 0 Å². The second kappa shape index (κ2) is 6.86. The summed E-state index contributed by atoms with van der Waals surface area (Å²) in [6.45, 7) is 7.82. The van der Waals surface area contributed by atoms with Crippen molar-refractivity contribution in [2.24, 2.45) is 0 Å². The molecule has 0 saturated carbocycles. The van der Waals surface area contributed by atoms with Crippen LogP contribution in [-0.4, -0.2) is 51.0 Å². The molecule has 2 aliphatic rings. The third-order valence-electron chi connectivity index (χ3n) is 5.08. The van der Waals surface area contributed by atoms with Crippen molar-refractivity contribution in [3.05, 3.63) is 5.82 Å². The van der Waals surface area contributed by atoms with Gasteiger partial charge in [-0.2, -0.15) is 4.98 Å². The number of fused-ring (bicyclic) bond motifs is 1. The van der Waals surface area contributed by atoms with Crippen LogP contribution in [0.25, 0.3) is 0 Å². The summed E-state index contributed by atoms with van der Waals surface area (Å²) in [6, 6.07) is 1.40. The number of hydrogen-bond donors (Lipinski definition) is 1. The maximum Gasteiger partial charge on any atom is 0.414 e. The summed E-state index contributed by atoms with van der Waals surface area (Å²) in [5.41, 5.74) is 0. The zero-order chi connectivity index (χ0) is 16.4. The zero-order valence-electron chi connectivity index (χ0n) is 14.3. The highest BCUT2D eigenvalue weighted by Gasteiger charge is 2.35. The van der Waals surface area contributed by atoms with Gasteiger partial charge in [0.15, 0.2) is 0 Å². The quantitative estimate of drug-likeness (QED) is 0.926. The van der Waals surface area contributed by atoms with Crippen LogP contribution < -0.4 is 5.32 Å². The molecule has 0 bridgehead atoms. The minimum absolute atomic E-state index is 0.268. The summed E-state index contributed by atoms with van der Waals surface area (Å²) in [4.78, 5) is 18.6. The highest BCUT2D eigenvalue weighted by molar-refractivity contribution is 5.82. The number of carbonyl (C=O) groups is 1. The third kappa shape index (κ3) is 3.34. The van der Waals surface area contributed by atoms with Gasteiger partial charge in [0.2, 0.25) is 0 Å². The lowest BCUT2D eigenvalue weighted by Crippen LogP contribution is -2.50. The number of hydrogen-bond acceptors (Lipinski definition) is 5. The van der Waals surface area contributed by atoms with Crippen molar-refractivity contribution >= 4 is 12.0 Å². The smallest absolute Gasteiger partial charge is 0.414 e. The number of rotatable bonds is 3. The average Bonchev–Trinajstić information content (AvgIpc) is 2.92. The van der Waals surface area contributed by atoms with Crippen molar-refractivity contribution in [2.45, 2.75) is 71.0 Å². The van der Waals surface area contributed by atoms with Crippen molar-refractivity contribution < 1.29 is 9.53 Å². The number of piperidine rings is 1. The first kappa shape index (κ1) is 16.2. The van der Waals surface area contributed by atoms with Gasteiger partial charge in [0.05, 0.1) is 12.6 Å². The van der Waals surface area contributed by atoms with Crippen LogP contribution in [0, 0.1) is 0 Å². The Morgan fingerprint density at radius 3 is 2.91 bits per heavy atom. The lowest BCUT2D eigenvalue weighted by atomic mass is 9.93. The van der Waals surface area contributed by atoms with E-state index < -0.39 is 6.09 Å². The molecule has 0 spiro atoms. The van der Waals surface area contributed by atoms with Crippen molar-refractivity contribution in [2.75, 3.05) is 18.5 Å². The fourth-order valence-electron chi connectivity index (χ4n) is 3.90.